The van der Waals surface area contributed by atoms with E-state index in [4.69, 9.17) is 19.8 Å². The van der Waals surface area contributed by atoms with Crippen LogP contribution in [0, 0.1) is 0 Å². The molecule has 0 aliphatic rings. The number of hydrogen-bond donors (Lipinski definition) is 1. The zero-order chi connectivity index (χ0) is 19.6. The standard InChI is InChI=1S/C23H19N5O/c1-29-20-14-8-5-11-17(20)15-24-23-25-19-13-7-6-12-18(19)22-26-21(27-28(22)23)16-9-3-2-4-10-16/h2-14H,15H2,1H3,(H,24,25). The lowest BCUT2D eigenvalue weighted by Crippen LogP contribution is -2.08. The summed E-state index contributed by atoms with van der Waals surface area (Å²) in [4.78, 5) is 9.60. The van der Waals surface area contributed by atoms with Crippen molar-refractivity contribution in [2.24, 2.45) is 0 Å². The van der Waals surface area contributed by atoms with Crippen LogP contribution in [0.2, 0.25) is 0 Å². The van der Waals surface area contributed by atoms with E-state index < -0.39 is 0 Å². The number of para-hydroxylation sites is 2. The van der Waals surface area contributed by atoms with Crippen LogP contribution in [0.15, 0.2) is 78.9 Å². The van der Waals surface area contributed by atoms with E-state index in [2.05, 4.69) is 5.32 Å². The predicted octanol–water partition coefficient (Wildman–Crippen LogP) is 4.57. The molecule has 0 saturated heterocycles. The van der Waals surface area contributed by atoms with E-state index in [0.717, 1.165) is 33.4 Å². The highest BCUT2D eigenvalue weighted by Gasteiger charge is 2.14. The minimum Gasteiger partial charge on any atom is -0.496 e. The maximum Gasteiger partial charge on any atom is 0.226 e. The van der Waals surface area contributed by atoms with Crippen molar-refractivity contribution < 1.29 is 4.74 Å². The van der Waals surface area contributed by atoms with E-state index in [-0.39, 0.29) is 0 Å². The second-order valence-electron chi connectivity index (χ2n) is 6.65. The first kappa shape index (κ1) is 17.2. The lowest BCUT2D eigenvalue weighted by molar-refractivity contribution is 0.410. The van der Waals surface area contributed by atoms with E-state index >= 15 is 0 Å². The number of benzene rings is 3. The zero-order valence-electron chi connectivity index (χ0n) is 15.9. The normalized spacial score (nSPS) is 11.1. The fraction of sp³-hybridized carbons (Fsp3) is 0.0870. The fourth-order valence-electron chi connectivity index (χ4n) is 3.40. The Bertz CT molecular complexity index is 1300. The first-order valence-corrected chi connectivity index (χ1v) is 9.40. The molecule has 6 nitrogen and oxygen atoms in total. The molecule has 2 heterocycles. The van der Waals surface area contributed by atoms with Crippen molar-refractivity contribution in [3.05, 3.63) is 84.4 Å². The van der Waals surface area contributed by atoms with E-state index in [0.29, 0.717) is 18.3 Å². The summed E-state index contributed by atoms with van der Waals surface area (Å²) in [5, 5.41) is 9.11. The summed E-state index contributed by atoms with van der Waals surface area (Å²) in [6.45, 7) is 0.560. The third-order valence-electron chi connectivity index (χ3n) is 4.84. The maximum atomic E-state index is 5.46. The Morgan fingerprint density at radius 1 is 0.862 bits per heavy atom. The Morgan fingerprint density at radius 2 is 1.62 bits per heavy atom. The molecule has 0 amide bonds. The molecular formula is C23H19N5O. The number of rotatable bonds is 5. The quantitative estimate of drug-likeness (QED) is 0.483. The Hall–Kier alpha value is -3.93. The van der Waals surface area contributed by atoms with Crippen molar-refractivity contribution in [3.8, 4) is 17.1 Å². The van der Waals surface area contributed by atoms with Crippen molar-refractivity contribution in [1.82, 2.24) is 19.6 Å². The van der Waals surface area contributed by atoms with Crippen LogP contribution in [-0.4, -0.2) is 26.7 Å². The number of ether oxygens (including phenoxy) is 1. The smallest absolute Gasteiger partial charge is 0.226 e. The molecule has 3 aromatic carbocycles. The number of hydrogen-bond acceptors (Lipinski definition) is 5. The van der Waals surface area contributed by atoms with Crippen LogP contribution >= 0.6 is 0 Å². The molecule has 29 heavy (non-hydrogen) atoms. The first-order chi connectivity index (χ1) is 14.3. The molecule has 1 N–H and O–H groups in total. The minimum atomic E-state index is 0.560. The number of fused-ring (bicyclic) bond motifs is 3. The molecule has 0 aliphatic heterocycles. The highest BCUT2D eigenvalue weighted by molar-refractivity contribution is 5.92. The number of nitrogens with zero attached hydrogens (tertiary/aromatic N) is 4. The lowest BCUT2D eigenvalue weighted by atomic mass is 10.2. The SMILES string of the molecule is COc1ccccc1CNc1nc2ccccc2c2nc(-c3ccccc3)nn12. The summed E-state index contributed by atoms with van der Waals surface area (Å²) in [6.07, 6.45) is 0. The summed E-state index contributed by atoms with van der Waals surface area (Å²) in [7, 11) is 1.68. The number of nitrogens with one attached hydrogen (secondary N) is 1. The van der Waals surface area contributed by atoms with Crippen LogP contribution in [0.1, 0.15) is 5.56 Å². The van der Waals surface area contributed by atoms with Gasteiger partial charge in [0.15, 0.2) is 11.5 Å². The second-order valence-corrected chi connectivity index (χ2v) is 6.65. The molecule has 0 bridgehead atoms. The highest BCUT2D eigenvalue weighted by Crippen LogP contribution is 2.25. The van der Waals surface area contributed by atoms with Gasteiger partial charge in [0, 0.05) is 23.1 Å². The predicted molar refractivity (Wildman–Crippen MR) is 114 cm³/mol. The van der Waals surface area contributed by atoms with E-state index in [9.17, 15) is 0 Å². The van der Waals surface area contributed by atoms with Gasteiger partial charge in [-0.25, -0.2) is 9.97 Å². The topological polar surface area (TPSA) is 64.3 Å². The summed E-state index contributed by atoms with van der Waals surface area (Å²) < 4.78 is 7.24. The van der Waals surface area contributed by atoms with Crippen molar-refractivity contribution >= 4 is 22.5 Å². The van der Waals surface area contributed by atoms with Gasteiger partial charge in [0.1, 0.15) is 5.75 Å². The fourth-order valence-corrected chi connectivity index (χ4v) is 3.40. The van der Waals surface area contributed by atoms with Crippen LogP contribution < -0.4 is 10.1 Å². The molecule has 142 valence electrons. The Morgan fingerprint density at radius 3 is 2.48 bits per heavy atom. The van der Waals surface area contributed by atoms with Gasteiger partial charge >= 0.3 is 0 Å². The Balaban J connectivity index is 1.62. The largest absolute Gasteiger partial charge is 0.496 e. The summed E-state index contributed by atoms with van der Waals surface area (Å²) in [5.74, 6) is 2.14. The molecule has 0 aliphatic carbocycles. The zero-order valence-corrected chi connectivity index (χ0v) is 15.9. The highest BCUT2D eigenvalue weighted by atomic mass is 16.5. The maximum absolute atomic E-state index is 5.46. The molecular weight excluding hydrogens is 362 g/mol. The average molecular weight is 381 g/mol. The lowest BCUT2D eigenvalue weighted by Gasteiger charge is -2.11. The van der Waals surface area contributed by atoms with Crippen LogP contribution in [0.4, 0.5) is 5.95 Å². The van der Waals surface area contributed by atoms with Crippen molar-refractivity contribution in [2.75, 3.05) is 12.4 Å². The van der Waals surface area contributed by atoms with Gasteiger partial charge in [-0.3, -0.25) is 0 Å². The van der Waals surface area contributed by atoms with Crippen LogP contribution in [0.25, 0.3) is 27.9 Å². The summed E-state index contributed by atoms with van der Waals surface area (Å²) in [5.41, 5.74) is 3.66. The molecule has 0 saturated carbocycles. The monoisotopic (exact) mass is 381 g/mol. The van der Waals surface area contributed by atoms with Crippen molar-refractivity contribution in [2.45, 2.75) is 6.54 Å². The molecule has 0 radical (unpaired) electrons. The molecule has 5 aromatic rings. The van der Waals surface area contributed by atoms with Crippen molar-refractivity contribution in [3.63, 3.8) is 0 Å². The van der Waals surface area contributed by atoms with Gasteiger partial charge in [-0.1, -0.05) is 60.7 Å². The van der Waals surface area contributed by atoms with Gasteiger partial charge in [0.05, 0.1) is 12.6 Å². The number of anilines is 1. The number of methoxy groups -OCH3 is 1. The van der Waals surface area contributed by atoms with E-state index in [1.54, 1.807) is 11.6 Å². The van der Waals surface area contributed by atoms with Gasteiger partial charge in [-0.15, -0.1) is 5.10 Å². The second kappa shape index (κ2) is 7.24. The third kappa shape index (κ3) is 3.14. The summed E-state index contributed by atoms with van der Waals surface area (Å²) >= 11 is 0. The molecule has 0 spiro atoms. The minimum absolute atomic E-state index is 0.560. The Kier molecular flexibility index (Phi) is 4.29. The van der Waals surface area contributed by atoms with E-state index in [1.165, 1.54) is 0 Å². The van der Waals surface area contributed by atoms with Crippen LogP contribution in [0.5, 0.6) is 5.75 Å². The molecule has 0 fully saturated rings. The van der Waals surface area contributed by atoms with Crippen LogP contribution in [-0.2, 0) is 6.54 Å². The van der Waals surface area contributed by atoms with Crippen LogP contribution in [0.3, 0.4) is 0 Å². The van der Waals surface area contributed by atoms with Crippen molar-refractivity contribution in [1.29, 1.82) is 0 Å². The molecule has 5 rings (SSSR count). The molecule has 0 unspecified atom stereocenters. The van der Waals surface area contributed by atoms with Gasteiger partial charge in [-0.2, -0.15) is 4.52 Å². The Labute approximate surface area is 167 Å². The summed E-state index contributed by atoms with van der Waals surface area (Å²) in [6, 6.07) is 25.9. The first-order valence-electron chi connectivity index (χ1n) is 9.40. The van der Waals surface area contributed by atoms with Gasteiger partial charge in [-0.05, 0) is 18.2 Å². The molecule has 0 atom stereocenters. The average Bonchev–Trinajstić information content (AvgIpc) is 3.24. The van der Waals surface area contributed by atoms with Gasteiger partial charge in [0.25, 0.3) is 0 Å². The third-order valence-corrected chi connectivity index (χ3v) is 4.84. The van der Waals surface area contributed by atoms with Gasteiger partial charge < -0.3 is 10.1 Å². The van der Waals surface area contributed by atoms with Gasteiger partial charge in [0.2, 0.25) is 5.95 Å². The molecule has 6 heteroatoms. The van der Waals surface area contributed by atoms with E-state index in [1.807, 2.05) is 78.9 Å². The molecule has 2 aromatic heterocycles. The number of aromatic nitrogens is 4.